The van der Waals surface area contributed by atoms with Gasteiger partial charge in [-0.25, -0.2) is 9.50 Å². The second-order valence-corrected chi connectivity index (χ2v) is 7.96. The zero-order valence-electron chi connectivity index (χ0n) is 17.5. The van der Waals surface area contributed by atoms with E-state index < -0.39 is 6.04 Å². The monoisotopic (exact) mass is 427 g/mol. The number of hydrogen-bond donors (Lipinski definition) is 1. The van der Waals surface area contributed by atoms with Gasteiger partial charge in [0, 0.05) is 37.4 Å². The summed E-state index contributed by atoms with van der Waals surface area (Å²) in [7, 11) is 1.65. The Morgan fingerprint density at radius 3 is 3.06 bits per heavy atom. The predicted octanol–water partition coefficient (Wildman–Crippen LogP) is 3.74. The maximum atomic E-state index is 13.8. The third-order valence-electron chi connectivity index (χ3n) is 6.02. The molecule has 6 rings (SSSR count). The van der Waals surface area contributed by atoms with Gasteiger partial charge in [0.15, 0.2) is 0 Å². The highest BCUT2D eigenvalue weighted by molar-refractivity contribution is 6.01. The number of carbonyl (C=O) groups is 1. The van der Waals surface area contributed by atoms with Crippen LogP contribution in [-0.4, -0.2) is 44.0 Å². The number of H-pyrrole nitrogens is 1. The lowest BCUT2D eigenvalue weighted by Gasteiger charge is -2.33. The molecule has 1 unspecified atom stereocenters. The van der Waals surface area contributed by atoms with Crippen molar-refractivity contribution >= 4 is 22.4 Å². The van der Waals surface area contributed by atoms with Crippen molar-refractivity contribution in [1.29, 1.82) is 0 Å². The Hall–Kier alpha value is -3.91. The average Bonchev–Trinajstić information content (AvgIpc) is 3.55. The second kappa shape index (κ2) is 7.35. The van der Waals surface area contributed by atoms with Crippen LogP contribution in [-0.2, 0) is 17.8 Å². The van der Waals surface area contributed by atoms with E-state index in [0.29, 0.717) is 30.9 Å². The molecule has 1 aliphatic heterocycles. The molecule has 0 saturated carbocycles. The minimum atomic E-state index is -0.410. The summed E-state index contributed by atoms with van der Waals surface area (Å²) in [6.45, 7) is 1.04. The van der Waals surface area contributed by atoms with Crippen molar-refractivity contribution in [2.24, 2.45) is 0 Å². The number of amides is 1. The fraction of sp³-hybridized carbons (Fsp3) is 0.208. The van der Waals surface area contributed by atoms with E-state index in [2.05, 4.69) is 15.1 Å². The zero-order chi connectivity index (χ0) is 21.7. The smallest absolute Gasteiger partial charge is 0.258 e. The summed E-state index contributed by atoms with van der Waals surface area (Å²) < 4.78 is 13.1. The van der Waals surface area contributed by atoms with Gasteiger partial charge in [-0.15, -0.1) is 0 Å². The molecule has 32 heavy (non-hydrogen) atoms. The summed E-state index contributed by atoms with van der Waals surface area (Å²) in [5.41, 5.74) is 4.94. The van der Waals surface area contributed by atoms with Gasteiger partial charge in [0.2, 0.25) is 0 Å². The lowest BCUT2D eigenvalue weighted by Crippen LogP contribution is -2.40. The van der Waals surface area contributed by atoms with Crippen molar-refractivity contribution < 1.29 is 13.9 Å². The highest BCUT2D eigenvalue weighted by atomic mass is 16.5. The highest BCUT2D eigenvalue weighted by Crippen LogP contribution is 2.37. The summed E-state index contributed by atoms with van der Waals surface area (Å²) in [6.07, 6.45) is 5.90. The van der Waals surface area contributed by atoms with Crippen molar-refractivity contribution in [3.05, 3.63) is 89.5 Å². The first-order valence-corrected chi connectivity index (χ1v) is 10.5. The highest BCUT2D eigenvalue weighted by Gasteiger charge is 2.37. The second-order valence-electron chi connectivity index (χ2n) is 7.96. The number of benzene rings is 1. The molecule has 1 N–H and O–H groups in total. The Morgan fingerprint density at radius 1 is 1.28 bits per heavy atom. The average molecular weight is 427 g/mol. The first-order chi connectivity index (χ1) is 15.7. The fourth-order valence-electron chi connectivity index (χ4n) is 4.52. The number of rotatable bonds is 4. The first-order valence-electron chi connectivity index (χ1n) is 10.5. The van der Waals surface area contributed by atoms with E-state index in [-0.39, 0.29) is 5.91 Å². The van der Waals surface area contributed by atoms with E-state index in [1.54, 1.807) is 24.1 Å². The minimum Gasteiger partial charge on any atom is -0.458 e. The summed E-state index contributed by atoms with van der Waals surface area (Å²) in [4.78, 5) is 23.4. The molecule has 1 atom stereocenters. The molecule has 1 amide bonds. The predicted molar refractivity (Wildman–Crippen MR) is 117 cm³/mol. The standard InChI is InChI=1S/C24H21N5O3/c1-31-13-15-6-7-19-17(11-27-29(19)12-15)24(30)28-9-8-18-22(26-14-25-18)23(28)21-10-16-4-2-3-5-20(16)32-21/h2-7,10-12,14,23H,8-9,13H2,1H3,(H,25,26). The van der Waals surface area contributed by atoms with Crippen molar-refractivity contribution in [2.45, 2.75) is 19.1 Å². The number of imidazole rings is 1. The number of carbonyl (C=O) groups excluding carboxylic acids is 1. The largest absolute Gasteiger partial charge is 0.458 e. The van der Waals surface area contributed by atoms with Gasteiger partial charge in [-0.05, 0) is 23.8 Å². The third kappa shape index (κ3) is 2.91. The van der Waals surface area contributed by atoms with Crippen LogP contribution in [0.1, 0.15) is 39.1 Å². The summed E-state index contributed by atoms with van der Waals surface area (Å²) in [5.74, 6) is 0.602. The minimum absolute atomic E-state index is 0.0985. The Labute approximate surface area is 183 Å². The number of furan rings is 1. The lowest BCUT2D eigenvalue weighted by atomic mass is 9.99. The summed E-state index contributed by atoms with van der Waals surface area (Å²) in [5, 5.41) is 5.41. The fourth-order valence-corrected chi connectivity index (χ4v) is 4.52. The molecule has 8 nitrogen and oxygen atoms in total. The van der Waals surface area contributed by atoms with Crippen LogP contribution in [0.25, 0.3) is 16.5 Å². The molecule has 8 heteroatoms. The molecule has 160 valence electrons. The number of nitrogens with one attached hydrogen (secondary N) is 1. The lowest BCUT2D eigenvalue weighted by molar-refractivity contribution is 0.0675. The van der Waals surface area contributed by atoms with Crippen molar-refractivity contribution in [3.8, 4) is 0 Å². The van der Waals surface area contributed by atoms with E-state index >= 15 is 0 Å². The molecule has 0 saturated heterocycles. The van der Waals surface area contributed by atoms with Crippen LogP contribution in [0, 0.1) is 0 Å². The molecule has 1 aliphatic rings. The molecule has 0 fully saturated rings. The molecule has 0 bridgehead atoms. The number of para-hydroxylation sites is 1. The topological polar surface area (TPSA) is 88.7 Å². The number of hydrogen-bond acceptors (Lipinski definition) is 5. The third-order valence-corrected chi connectivity index (χ3v) is 6.02. The van der Waals surface area contributed by atoms with E-state index in [4.69, 9.17) is 9.15 Å². The molecular formula is C24H21N5O3. The Bertz CT molecular complexity index is 1410. The normalized spacial score (nSPS) is 16.0. The van der Waals surface area contributed by atoms with Gasteiger partial charge < -0.3 is 19.0 Å². The van der Waals surface area contributed by atoms with Gasteiger partial charge in [0.05, 0.1) is 35.9 Å². The van der Waals surface area contributed by atoms with E-state index in [1.165, 1.54) is 0 Å². The number of fused-ring (bicyclic) bond motifs is 3. The van der Waals surface area contributed by atoms with Gasteiger partial charge in [0.25, 0.3) is 5.91 Å². The van der Waals surface area contributed by atoms with Gasteiger partial charge in [-0.1, -0.05) is 24.3 Å². The maximum Gasteiger partial charge on any atom is 0.258 e. The Morgan fingerprint density at radius 2 is 2.19 bits per heavy atom. The number of nitrogens with zero attached hydrogens (tertiary/aromatic N) is 4. The van der Waals surface area contributed by atoms with Crippen LogP contribution < -0.4 is 0 Å². The van der Waals surface area contributed by atoms with Crippen LogP contribution in [0.2, 0.25) is 0 Å². The van der Waals surface area contributed by atoms with Crippen molar-refractivity contribution in [3.63, 3.8) is 0 Å². The molecule has 5 aromatic rings. The van der Waals surface area contributed by atoms with Gasteiger partial charge >= 0.3 is 0 Å². The number of ether oxygens (including phenoxy) is 1. The molecule has 4 aromatic heterocycles. The summed E-state index contributed by atoms with van der Waals surface area (Å²) >= 11 is 0. The van der Waals surface area contributed by atoms with Gasteiger partial charge in [-0.3, -0.25) is 4.79 Å². The van der Waals surface area contributed by atoms with Crippen LogP contribution in [0.4, 0.5) is 0 Å². The van der Waals surface area contributed by atoms with E-state index in [0.717, 1.165) is 33.4 Å². The Balaban J connectivity index is 1.43. The Kier molecular flexibility index (Phi) is 4.32. The van der Waals surface area contributed by atoms with E-state index in [1.807, 2.05) is 53.6 Å². The number of aromatic nitrogens is 4. The molecule has 0 spiro atoms. The van der Waals surface area contributed by atoms with Crippen molar-refractivity contribution in [1.82, 2.24) is 24.5 Å². The number of methoxy groups -OCH3 is 1. The van der Waals surface area contributed by atoms with E-state index in [9.17, 15) is 4.79 Å². The molecule has 0 aliphatic carbocycles. The maximum absolute atomic E-state index is 13.8. The first kappa shape index (κ1) is 18.8. The zero-order valence-corrected chi connectivity index (χ0v) is 17.5. The molecular weight excluding hydrogens is 406 g/mol. The number of aromatic amines is 1. The van der Waals surface area contributed by atoms with Crippen LogP contribution >= 0.6 is 0 Å². The van der Waals surface area contributed by atoms with Crippen LogP contribution in [0.5, 0.6) is 0 Å². The van der Waals surface area contributed by atoms with Crippen LogP contribution in [0.15, 0.2) is 65.6 Å². The summed E-state index contributed by atoms with van der Waals surface area (Å²) in [6, 6.07) is 13.3. The van der Waals surface area contributed by atoms with Crippen LogP contribution in [0.3, 0.4) is 0 Å². The van der Waals surface area contributed by atoms with Gasteiger partial charge in [0.1, 0.15) is 17.4 Å². The molecule has 5 heterocycles. The quantitative estimate of drug-likeness (QED) is 0.472. The van der Waals surface area contributed by atoms with Gasteiger partial charge in [-0.2, -0.15) is 5.10 Å². The van der Waals surface area contributed by atoms with Crippen molar-refractivity contribution in [2.75, 3.05) is 13.7 Å². The molecule has 1 aromatic carbocycles. The molecule has 0 radical (unpaired) electrons. The number of pyridine rings is 1. The SMILES string of the molecule is COCc1ccc2c(C(=O)N3CCc4[nH]cnc4C3c3cc4ccccc4o3)cnn2c1.